The number of rotatable bonds is 11. The highest BCUT2D eigenvalue weighted by Crippen LogP contribution is 2.59. The van der Waals surface area contributed by atoms with E-state index in [4.69, 9.17) is 14.2 Å². The van der Waals surface area contributed by atoms with Crippen molar-refractivity contribution < 1.29 is 33.7 Å². The van der Waals surface area contributed by atoms with Gasteiger partial charge in [0.25, 0.3) is 0 Å². The van der Waals surface area contributed by atoms with Gasteiger partial charge in [0.1, 0.15) is 24.4 Å². The highest BCUT2D eigenvalue weighted by molar-refractivity contribution is 14.1. The van der Waals surface area contributed by atoms with E-state index in [2.05, 4.69) is 27.9 Å². The van der Waals surface area contributed by atoms with Gasteiger partial charge in [-0.15, -0.1) is 0 Å². The standard InChI is InChI=1S/C33H37IN2O7/c1-36(26(30(38)35-15-16-37)17-20-7-3-2-4-8-20)31(39)21-18-27(41-32(40)24-9-5-6-10-25(24)34)29-28(19-21)42-33(43-29,22-11-12-22)23-13-14-23/h2-10,19,22-23,26-29,37H,11-18H2,1H3,(H,35,38)/t26-,27-,28-,29+/m1/s1. The van der Waals surface area contributed by atoms with Crippen molar-refractivity contribution in [3.8, 4) is 0 Å². The summed E-state index contributed by atoms with van der Waals surface area (Å²) in [6.45, 7) is -0.116. The average molecular weight is 701 g/mol. The number of hydrogen-bond donors (Lipinski definition) is 2. The first-order valence-electron chi connectivity index (χ1n) is 15.0. The maximum atomic E-state index is 14.1. The molecule has 0 unspecified atom stereocenters. The van der Waals surface area contributed by atoms with E-state index in [1.165, 1.54) is 4.90 Å². The van der Waals surface area contributed by atoms with E-state index in [0.717, 1.165) is 34.8 Å². The van der Waals surface area contributed by atoms with Crippen LogP contribution in [0.15, 0.2) is 66.2 Å². The smallest absolute Gasteiger partial charge is 0.339 e. The Balaban J connectivity index is 1.28. The van der Waals surface area contributed by atoms with Gasteiger partial charge in [-0.2, -0.15) is 0 Å². The zero-order valence-electron chi connectivity index (χ0n) is 24.1. The lowest BCUT2D eigenvalue weighted by molar-refractivity contribution is -0.209. The fourth-order valence-corrected chi connectivity index (χ4v) is 6.90. The van der Waals surface area contributed by atoms with Crippen LogP contribution in [0.3, 0.4) is 0 Å². The fraction of sp³-hybridized carbons (Fsp3) is 0.485. The summed E-state index contributed by atoms with van der Waals surface area (Å²) < 4.78 is 20.3. The number of aliphatic hydroxyl groups excluding tert-OH is 1. The number of fused-ring (bicyclic) bond motifs is 1. The van der Waals surface area contributed by atoms with Gasteiger partial charge in [-0.05, 0) is 72.0 Å². The van der Waals surface area contributed by atoms with Gasteiger partial charge in [0, 0.05) is 47.4 Å². The van der Waals surface area contributed by atoms with Crippen molar-refractivity contribution >= 4 is 40.4 Å². The molecule has 0 spiro atoms. The minimum Gasteiger partial charge on any atom is -0.455 e. The SMILES string of the molecule is CN(C(=O)C1=C[C@H]2OC(C3CC3)(C3CC3)O[C@H]2[C@H](OC(=O)c2ccccc2I)C1)[C@H](Cc1ccccc1)C(=O)NCCO. The van der Waals surface area contributed by atoms with Crippen molar-refractivity contribution in [2.24, 2.45) is 11.8 Å². The Bertz CT molecular complexity index is 1380. The zero-order valence-corrected chi connectivity index (χ0v) is 26.3. The summed E-state index contributed by atoms with van der Waals surface area (Å²) >= 11 is 2.11. The number of likely N-dealkylation sites (N-methyl/N-ethyl adjacent to an activating group) is 1. The molecule has 6 rings (SSSR count). The lowest BCUT2D eigenvalue weighted by atomic mass is 9.90. The molecular weight excluding hydrogens is 663 g/mol. The molecule has 10 heteroatoms. The number of ether oxygens (including phenoxy) is 3. The third-order valence-corrected chi connectivity index (χ3v) is 9.75. The molecular formula is C33H37IN2O7. The minimum absolute atomic E-state index is 0.0878. The van der Waals surface area contributed by atoms with Gasteiger partial charge in [0.2, 0.25) is 11.8 Å². The Morgan fingerprint density at radius 1 is 1.05 bits per heavy atom. The predicted octanol–water partition coefficient (Wildman–Crippen LogP) is 3.63. The summed E-state index contributed by atoms with van der Waals surface area (Å²) in [7, 11) is 1.61. The van der Waals surface area contributed by atoms with Crippen molar-refractivity contribution in [1.82, 2.24) is 10.2 Å². The van der Waals surface area contributed by atoms with Gasteiger partial charge in [0.15, 0.2) is 5.79 Å². The van der Waals surface area contributed by atoms with Crippen molar-refractivity contribution in [2.75, 3.05) is 20.2 Å². The Morgan fingerprint density at radius 3 is 2.37 bits per heavy atom. The molecule has 3 aliphatic carbocycles. The Labute approximate surface area is 265 Å². The molecule has 2 saturated carbocycles. The monoisotopic (exact) mass is 700 g/mol. The van der Waals surface area contributed by atoms with E-state index in [0.29, 0.717) is 29.4 Å². The number of benzene rings is 2. The number of halogens is 1. The minimum atomic E-state index is -0.815. The molecule has 0 radical (unpaired) electrons. The number of carbonyl (C=O) groups excluding carboxylic acids is 3. The molecule has 2 aromatic rings. The third-order valence-electron chi connectivity index (χ3n) is 8.81. The molecule has 4 atom stereocenters. The van der Waals surface area contributed by atoms with Crippen molar-refractivity contribution in [3.05, 3.63) is 80.9 Å². The van der Waals surface area contributed by atoms with E-state index >= 15 is 0 Å². The topological polar surface area (TPSA) is 114 Å². The first-order valence-corrected chi connectivity index (χ1v) is 16.1. The first-order chi connectivity index (χ1) is 20.8. The largest absolute Gasteiger partial charge is 0.455 e. The van der Waals surface area contributed by atoms with Crippen molar-refractivity contribution in [1.29, 1.82) is 0 Å². The van der Waals surface area contributed by atoms with Gasteiger partial charge < -0.3 is 29.5 Å². The van der Waals surface area contributed by atoms with Crippen molar-refractivity contribution in [2.45, 2.75) is 68.7 Å². The van der Waals surface area contributed by atoms with Crippen LogP contribution >= 0.6 is 22.6 Å². The molecule has 1 aliphatic heterocycles. The normalized spacial score (nSPS) is 24.8. The number of nitrogens with zero attached hydrogens (tertiary/aromatic N) is 1. The number of carbonyl (C=O) groups is 3. The van der Waals surface area contributed by atoms with E-state index in [1.54, 1.807) is 19.2 Å². The van der Waals surface area contributed by atoms with Crippen LogP contribution in [0.5, 0.6) is 0 Å². The van der Waals surface area contributed by atoms with Crippen molar-refractivity contribution in [3.63, 3.8) is 0 Å². The molecule has 9 nitrogen and oxygen atoms in total. The van der Waals surface area contributed by atoms with Gasteiger partial charge in [-0.1, -0.05) is 42.5 Å². The molecule has 0 aromatic heterocycles. The Kier molecular flexibility index (Phi) is 8.91. The quantitative estimate of drug-likeness (QED) is 0.272. The van der Waals surface area contributed by atoms with Gasteiger partial charge >= 0.3 is 5.97 Å². The summed E-state index contributed by atoms with van der Waals surface area (Å²) in [5, 5.41) is 12.0. The summed E-state index contributed by atoms with van der Waals surface area (Å²) in [6, 6.07) is 15.9. The summed E-state index contributed by atoms with van der Waals surface area (Å²) in [6.07, 6.45) is 4.58. The second-order valence-corrected chi connectivity index (χ2v) is 13.1. The molecule has 2 N–H and O–H groups in total. The number of hydrogen-bond acceptors (Lipinski definition) is 7. The molecule has 1 saturated heterocycles. The van der Waals surface area contributed by atoms with Crippen LogP contribution in [-0.4, -0.2) is 78.1 Å². The summed E-state index contributed by atoms with van der Waals surface area (Å²) in [5.41, 5.74) is 1.78. The van der Waals surface area contributed by atoms with Crippen LogP contribution in [0.4, 0.5) is 0 Å². The molecule has 4 aliphatic rings. The zero-order chi connectivity index (χ0) is 30.1. The average Bonchev–Trinajstić information content (AvgIpc) is 3.96. The second-order valence-electron chi connectivity index (χ2n) is 11.9. The highest BCUT2D eigenvalue weighted by atomic mass is 127. The molecule has 0 bridgehead atoms. The van der Waals surface area contributed by atoms with E-state index in [-0.39, 0.29) is 31.4 Å². The van der Waals surface area contributed by atoms with Gasteiger partial charge in [-0.3, -0.25) is 9.59 Å². The summed E-state index contributed by atoms with van der Waals surface area (Å²) in [5.74, 6) is -1.27. The predicted molar refractivity (Wildman–Crippen MR) is 166 cm³/mol. The molecule has 228 valence electrons. The van der Waals surface area contributed by atoms with Crippen LogP contribution in [0.25, 0.3) is 0 Å². The molecule has 2 aromatic carbocycles. The maximum Gasteiger partial charge on any atom is 0.339 e. The third kappa shape index (κ3) is 6.38. The van der Waals surface area contributed by atoms with Crippen LogP contribution in [0, 0.1) is 15.4 Å². The van der Waals surface area contributed by atoms with Crippen LogP contribution in [-0.2, 0) is 30.2 Å². The van der Waals surface area contributed by atoms with Crippen LogP contribution in [0.2, 0.25) is 0 Å². The highest BCUT2D eigenvalue weighted by Gasteiger charge is 2.64. The summed E-state index contributed by atoms with van der Waals surface area (Å²) in [4.78, 5) is 42.1. The molecule has 43 heavy (non-hydrogen) atoms. The Hall–Kier alpha value is -2.80. The van der Waals surface area contributed by atoms with E-state index in [9.17, 15) is 19.5 Å². The molecule has 2 amide bonds. The number of nitrogens with one attached hydrogen (secondary N) is 1. The molecule has 3 fully saturated rings. The Morgan fingerprint density at radius 2 is 1.72 bits per heavy atom. The number of esters is 1. The second kappa shape index (κ2) is 12.7. The lowest BCUT2D eigenvalue weighted by Crippen LogP contribution is -2.51. The van der Waals surface area contributed by atoms with E-state index < -0.39 is 36.1 Å². The van der Waals surface area contributed by atoms with E-state index in [1.807, 2.05) is 48.5 Å². The molecule has 1 heterocycles. The van der Waals surface area contributed by atoms with Gasteiger partial charge in [0.05, 0.1) is 12.2 Å². The lowest BCUT2D eigenvalue weighted by Gasteiger charge is -2.33. The number of amides is 2. The number of aliphatic hydroxyl groups is 1. The van der Waals surface area contributed by atoms with Crippen LogP contribution in [0.1, 0.15) is 48.0 Å². The van der Waals surface area contributed by atoms with Gasteiger partial charge in [-0.25, -0.2) is 4.79 Å². The van der Waals surface area contributed by atoms with Crippen LogP contribution < -0.4 is 5.32 Å². The fourth-order valence-electron chi connectivity index (χ4n) is 6.30. The first kappa shape index (κ1) is 30.2. The maximum absolute atomic E-state index is 14.1.